The van der Waals surface area contributed by atoms with Crippen molar-refractivity contribution < 1.29 is 19.1 Å². The Morgan fingerprint density at radius 1 is 1.14 bits per heavy atom. The second-order valence-electron chi connectivity index (χ2n) is 7.23. The second-order valence-corrected chi connectivity index (χ2v) is 7.23. The van der Waals surface area contributed by atoms with Crippen LogP contribution >= 0.6 is 0 Å². The fraction of sp³-hybridized carbons (Fsp3) is 0.364. The van der Waals surface area contributed by atoms with Gasteiger partial charge >= 0.3 is 5.97 Å². The number of aromatic nitrogens is 2. The highest BCUT2D eigenvalue weighted by atomic mass is 16.5. The molecule has 0 spiro atoms. The molecule has 6 heteroatoms. The lowest BCUT2D eigenvalue weighted by Gasteiger charge is -2.17. The van der Waals surface area contributed by atoms with E-state index >= 15 is 0 Å². The Labute approximate surface area is 164 Å². The number of rotatable bonds is 6. The van der Waals surface area contributed by atoms with E-state index in [1.165, 1.54) is 17.2 Å². The summed E-state index contributed by atoms with van der Waals surface area (Å²) in [6.07, 6.45) is 3.84. The zero-order valence-electron chi connectivity index (χ0n) is 16.7. The number of benzene rings is 1. The van der Waals surface area contributed by atoms with Gasteiger partial charge in [-0.1, -0.05) is 23.8 Å². The predicted molar refractivity (Wildman–Crippen MR) is 105 cm³/mol. The third kappa shape index (κ3) is 3.81. The maximum Gasteiger partial charge on any atom is 0.302 e. The quantitative estimate of drug-likeness (QED) is 0.484. The van der Waals surface area contributed by atoms with Crippen LogP contribution < -0.4 is 0 Å². The van der Waals surface area contributed by atoms with Crippen molar-refractivity contribution in [2.45, 2.75) is 47.1 Å². The van der Waals surface area contributed by atoms with Gasteiger partial charge in [0.2, 0.25) is 5.78 Å². The molecular weight excluding hydrogens is 356 g/mol. The Morgan fingerprint density at radius 3 is 2.57 bits per heavy atom. The molecule has 0 unspecified atom stereocenters. The van der Waals surface area contributed by atoms with Crippen LogP contribution in [0.5, 0.6) is 0 Å². The molecule has 28 heavy (non-hydrogen) atoms. The first-order chi connectivity index (χ1) is 13.3. The van der Waals surface area contributed by atoms with Crippen LogP contribution in [0.3, 0.4) is 0 Å². The van der Waals surface area contributed by atoms with Gasteiger partial charge in [0.05, 0.1) is 17.8 Å². The smallest absolute Gasteiger partial charge is 0.302 e. The fourth-order valence-corrected chi connectivity index (χ4v) is 3.44. The van der Waals surface area contributed by atoms with E-state index in [1.807, 2.05) is 12.1 Å². The molecule has 0 atom stereocenters. The number of carbonyl (C=O) groups excluding carboxylic acids is 3. The van der Waals surface area contributed by atoms with Crippen LogP contribution in [0.1, 0.15) is 70.4 Å². The summed E-state index contributed by atoms with van der Waals surface area (Å²) in [5.41, 5.74) is 4.24. The lowest BCUT2D eigenvalue weighted by molar-refractivity contribution is -0.141. The summed E-state index contributed by atoms with van der Waals surface area (Å²) >= 11 is 0. The summed E-state index contributed by atoms with van der Waals surface area (Å²) in [4.78, 5) is 37.2. The van der Waals surface area contributed by atoms with Gasteiger partial charge in [0, 0.05) is 18.1 Å². The van der Waals surface area contributed by atoms with Crippen molar-refractivity contribution in [3.05, 3.63) is 63.5 Å². The number of esters is 1. The number of allylic oxidation sites excluding steroid dienone is 2. The van der Waals surface area contributed by atoms with Gasteiger partial charge in [0.25, 0.3) is 0 Å². The van der Waals surface area contributed by atoms with Crippen LogP contribution in [-0.4, -0.2) is 33.9 Å². The fourth-order valence-electron chi connectivity index (χ4n) is 3.44. The van der Waals surface area contributed by atoms with Crippen molar-refractivity contribution in [2.24, 2.45) is 0 Å². The van der Waals surface area contributed by atoms with Gasteiger partial charge in [-0.05, 0) is 45.2 Å². The number of ether oxygens (including phenoxy) is 1. The summed E-state index contributed by atoms with van der Waals surface area (Å²) in [7, 11) is 0. The van der Waals surface area contributed by atoms with E-state index in [2.05, 4.69) is 25.0 Å². The molecule has 0 saturated heterocycles. The average Bonchev–Trinajstić information content (AvgIpc) is 2.95. The van der Waals surface area contributed by atoms with Crippen molar-refractivity contribution in [3.63, 3.8) is 0 Å². The molecule has 3 rings (SSSR count). The summed E-state index contributed by atoms with van der Waals surface area (Å²) in [6.45, 7) is 7.46. The molecule has 0 bridgehead atoms. The Morgan fingerprint density at radius 2 is 1.89 bits per heavy atom. The first-order valence-electron chi connectivity index (χ1n) is 9.36. The number of aryl methyl sites for hydroxylation is 2. The molecule has 1 aromatic heterocycles. The molecule has 0 aliphatic heterocycles. The highest BCUT2D eigenvalue weighted by Gasteiger charge is 2.35. The predicted octanol–water partition coefficient (Wildman–Crippen LogP) is 3.43. The van der Waals surface area contributed by atoms with Crippen LogP contribution in [0.25, 0.3) is 0 Å². The maximum absolute atomic E-state index is 13.2. The topological polar surface area (TPSA) is 78.3 Å². The Balaban J connectivity index is 1.94. The van der Waals surface area contributed by atoms with E-state index in [4.69, 9.17) is 4.74 Å². The van der Waals surface area contributed by atoms with E-state index < -0.39 is 5.97 Å². The number of carbonyl (C=O) groups is 3. The number of hydrogen-bond donors (Lipinski definition) is 0. The van der Waals surface area contributed by atoms with Crippen molar-refractivity contribution in [3.8, 4) is 0 Å². The van der Waals surface area contributed by atoms with E-state index in [9.17, 15) is 14.4 Å². The number of nitrogens with zero attached hydrogens (tertiary/aromatic N) is 2. The molecule has 1 heterocycles. The van der Waals surface area contributed by atoms with Gasteiger partial charge in [-0.3, -0.25) is 19.1 Å². The van der Waals surface area contributed by atoms with Crippen molar-refractivity contribution in [1.82, 2.24) is 9.78 Å². The number of ketones is 2. The minimum Gasteiger partial charge on any atom is -0.464 e. The zero-order chi connectivity index (χ0) is 20.4. The number of hydrogen-bond acceptors (Lipinski definition) is 5. The lowest BCUT2D eigenvalue weighted by Crippen LogP contribution is -2.24. The third-order valence-corrected chi connectivity index (χ3v) is 4.74. The molecule has 1 aromatic carbocycles. The minimum absolute atomic E-state index is 0.0972. The van der Waals surface area contributed by atoms with Crippen molar-refractivity contribution >= 4 is 17.5 Å². The Kier molecular flexibility index (Phi) is 5.58. The van der Waals surface area contributed by atoms with Gasteiger partial charge in [-0.15, -0.1) is 0 Å². The normalized spacial score (nSPS) is 12.4. The van der Waals surface area contributed by atoms with E-state index in [0.717, 1.165) is 18.4 Å². The van der Waals surface area contributed by atoms with Gasteiger partial charge < -0.3 is 4.74 Å². The lowest BCUT2D eigenvalue weighted by atomic mass is 9.85. The summed E-state index contributed by atoms with van der Waals surface area (Å²) < 4.78 is 6.44. The minimum atomic E-state index is -0.397. The van der Waals surface area contributed by atoms with Gasteiger partial charge in [0.15, 0.2) is 5.78 Å². The Bertz CT molecular complexity index is 994. The van der Waals surface area contributed by atoms with Gasteiger partial charge in [0.1, 0.15) is 12.3 Å². The molecule has 0 fully saturated rings. The van der Waals surface area contributed by atoms with E-state index in [-0.39, 0.29) is 30.4 Å². The molecule has 0 radical (unpaired) electrons. The molecule has 0 N–H and O–H groups in total. The first-order valence-corrected chi connectivity index (χ1v) is 9.36. The molecular formula is C22H24N2O4. The van der Waals surface area contributed by atoms with Crippen LogP contribution in [0.4, 0.5) is 0 Å². The van der Waals surface area contributed by atoms with Crippen molar-refractivity contribution in [1.29, 1.82) is 0 Å². The van der Waals surface area contributed by atoms with E-state index in [0.29, 0.717) is 22.4 Å². The molecule has 146 valence electrons. The van der Waals surface area contributed by atoms with Crippen LogP contribution in [-0.2, 0) is 22.5 Å². The van der Waals surface area contributed by atoms with Crippen LogP contribution in [0, 0.1) is 6.92 Å². The van der Waals surface area contributed by atoms with Gasteiger partial charge in [-0.2, -0.15) is 5.10 Å². The van der Waals surface area contributed by atoms with Crippen molar-refractivity contribution in [2.75, 3.05) is 6.61 Å². The highest BCUT2D eigenvalue weighted by Crippen LogP contribution is 2.30. The third-order valence-electron chi connectivity index (χ3n) is 4.74. The standard InChI is InChI=1S/C22H24N2O4/c1-13(2)6-5-7-16-8-9-17-18(12-16)22(27)20-19(21(17)26)14(3)23-24(20)10-11-28-15(4)25/h6,8-9,12H,5,7,10-11H2,1-4H3. The number of fused-ring (bicyclic) bond motifs is 2. The maximum atomic E-state index is 13.2. The monoisotopic (exact) mass is 380 g/mol. The van der Waals surface area contributed by atoms with Crippen LogP contribution in [0.15, 0.2) is 29.8 Å². The highest BCUT2D eigenvalue weighted by molar-refractivity contribution is 6.28. The summed E-state index contributed by atoms with van der Waals surface area (Å²) in [5.74, 6) is -0.791. The molecule has 1 aliphatic rings. The average molecular weight is 380 g/mol. The van der Waals surface area contributed by atoms with Crippen LogP contribution in [0.2, 0.25) is 0 Å². The summed E-state index contributed by atoms with van der Waals surface area (Å²) in [6, 6.07) is 5.47. The molecule has 2 aromatic rings. The second kappa shape index (κ2) is 7.92. The first kappa shape index (κ1) is 19.7. The Hall–Kier alpha value is -3.02. The molecule has 0 saturated carbocycles. The molecule has 0 amide bonds. The van der Waals surface area contributed by atoms with E-state index in [1.54, 1.807) is 13.0 Å². The largest absolute Gasteiger partial charge is 0.464 e. The summed E-state index contributed by atoms with van der Waals surface area (Å²) in [5, 5.41) is 4.34. The molecule has 6 nitrogen and oxygen atoms in total. The molecule has 1 aliphatic carbocycles. The SMILES string of the molecule is CC(=O)OCCn1nc(C)c2c1C(=O)c1cc(CCC=C(C)C)ccc1C2=O. The van der Waals surface area contributed by atoms with Gasteiger partial charge in [-0.25, -0.2) is 0 Å². The zero-order valence-corrected chi connectivity index (χ0v) is 16.7.